The molecule has 3 rings (SSSR count). The number of rotatable bonds is 4. The second kappa shape index (κ2) is 5.46. The molecular weight excluding hydrogens is 270 g/mol. The summed E-state index contributed by atoms with van der Waals surface area (Å²) in [5, 5.41) is 5.91. The van der Waals surface area contributed by atoms with Crippen molar-refractivity contribution >= 4 is 27.5 Å². The zero-order valence-electron chi connectivity index (χ0n) is 11.4. The highest BCUT2D eigenvalue weighted by molar-refractivity contribution is 7.16. The average molecular weight is 285 g/mol. The minimum atomic E-state index is 0.573. The van der Waals surface area contributed by atoms with E-state index >= 15 is 0 Å². The zero-order chi connectivity index (χ0) is 13.9. The number of benzene rings is 1. The highest BCUT2D eigenvalue weighted by Gasteiger charge is 2.11. The largest absolute Gasteiger partial charge is 0.438 e. The van der Waals surface area contributed by atoms with Gasteiger partial charge in [0.05, 0.1) is 5.39 Å². The van der Waals surface area contributed by atoms with Gasteiger partial charge in [0.25, 0.3) is 0 Å². The van der Waals surface area contributed by atoms with E-state index in [-0.39, 0.29) is 0 Å². The molecule has 5 heteroatoms. The Balaban J connectivity index is 2.07. The molecule has 0 aliphatic heterocycles. The molecule has 1 aromatic carbocycles. The lowest BCUT2D eigenvalue weighted by Gasteiger charge is -2.10. The maximum Gasteiger partial charge on any atom is 0.232 e. The molecule has 0 fully saturated rings. The number of ether oxygens (including phenoxy) is 1. The van der Waals surface area contributed by atoms with Gasteiger partial charge in [0.15, 0.2) is 0 Å². The zero-order valence-corrected chi connectivity index (χ0v) is 12.2. The summed E-state index contributed by atoms with van der Waals surface area (Å²) in [6, 6.07) is 10.0. The van der Waals surface area contributed by atoms with Gasteiger partial charge in [0, 0.05) is 7.05 Å². The van der Waals surface area contributed by atoms with Crippen LogP contribution in [-0.2, 0) is 6.42 Å². The van der Waals surface area contributed by atoms with Crippen molar-refractivity contribution in [1.82, 2.24) is 9.97 Å². The van der Waals surface area contributed by atoms with E-state index in [1.54, 1.807) is 18.4 Å². The van der Waals surface area contributed by atoms with Crippen molar-refractivity contribution in [2.45, 2.75) is 13.3 Å². The van der Waals surface area contributed by atoms with Gasteiger partial charge in [-0.1, -0.05) is 25.1 Å². The Bertz CT molecular complexity index is 739. The van der Waals surface area contributed by atoms with E-state index in [2.05, 4.69) is 28.3 Å². The summed E-state index contributed by atoms with van der Waals surface area (Å²) in [5.74, 6) is 2.02. The fourth-order valence-electron chi connectivity index (χ4n) is 2.02. The number of thiophene rings is 1. The monoisotopic (exact) mass is 285 g/mol. The molecule has 2 heterocycles. The Kier molecular flexibility index (Phi) is 3.52. The van der Waals surface area contributed by atoms with E-state index in [1.807, 2.05) is 29.6 Å². The smallest absolute Gasteiger partial charge is 0.232 e. The summed E-state index contributed by atoms with van der Waals surface area (Å²) >= 11 is 1.58. The third-order valence-electron chi connectivity index (χ3n) is 3.07. The second-order valence-electron chi connectivity index (χ2n) is 4.31. The fourth-order valence-corrected chi connectivity index (χ4v) is 2.77. The van der Waals surface area contributed by atoms with Gasteiger partial charge in [-0.2, -0.15) is 4.98 Å². The maximum atomic E-state index is 6.03. The summed E-state index contributed by atoms with van der Waals surface area (Å²) in [5.41, 5.74) is 1.17. The summed E-state index contributed by atoms with van der Waals surface area (Å²) in [6.07, 6.45) is 0.924. The molecule has 20 heavy (non-hydrogen) atoms. The molecule has 0 saturated heterocycles. The Morgan fingerprint density at radius 1 is 1.20 bits per heavy atom. The molecule has 0 bridgehead atoms. The van der Waals surface area contributed by atoms with Crippen LogP contribution in [0.15, 0.2) is 35.7 Å². The molecule has 1 N–H and O–H groups in total. The third-order valence-corrected chi connectivity index (χ3v) is 3.88. The Morgan fingerprint density at radius 3 is 2.85 bits per heavy atom. The first kappa shape index (κ1) is 12.9. The van der Waals surface area contributed by atoms with Gasteiger partial charge in [-0.15, -0.1) is 11.3 Å². The quantitative estimate of drug-likeness (QED) is 0.784. The predicted octanol–water partition coefficient (Wildman–Crippen LogP) is 4.09. The molecule has 0 atom stereocenters. The highest BCUT2D eigenvalue weighted by Crippen LogP contribution is 2.32. The van der Waals surface area contributed by atoms with Crippen LogP contribution in [0, 0.1) is 0 Å². The fraction of sp³-hybridized carbons (Fsp3) is 0.200. The Labute approximate surface area is 121 Å². The van der Waals surface area contributed by atoms with E-state index in [4.69, 9.17) is 4.74 Å². The molecule has 0 amide bonds. The van der Waals surface area contributed by atoms with Gasteiger partial charge < -0.3 is 10.1 Å². The van der Waals surface area contributed by atoms with Gasteiger partial charge in [-0.25, -0.2) is 4.98 Å². The molecule has 0 radical (unpaired) electrons. The lowest BCUT2D eigenvalue weighted by Crippen LogP contribution is -1.99. The molecule has 0 saturated carbocycles. The number of anilines is 1. The van der Waals surface area contributed by atoms with Crippen LogP contribution in [0.5, 0.6) is 11.6 Å². The normalized spacial score (nSPS) is 10.7. The molecule has 2 aromatic heterocycles. The van der Waals surface area contributed by atoms with Crippen molar-refractivity contribution in [3.63, 3.8) is 0 Å². The van der Waals surface area contributed by atoms with Crippen LogP contribution in [0.1, 0.15) is 12.5 Å². The van der Waals surface area contributed by atoms with Crippen LogP contribution in [-0.4, -0.2) is 17.0 Å². The van der Waals surface area contributed by atoms with Gasteiger partial charge in [-0.3, -0.25) is 0 Å². The van der Waals surface area contributed by atoms with Gasteiger partial charge >= 0.3 is 0 Å². The van der Waals surface area contributed by atoms with E-state index in [1.165, 1.54) is 5.56 Å². The number of nitrogens with one attached hydrogen (secondary N) is 1. The second-order valence-corrected chi connectivity index (χ2v) is 5.20. The minimum absolute atomic E-state index is 0.573. The molecular formula is C15H15N3OS. The van der Waals surface area contributed by atoms with Crippen LogP contribution in [0.4, 0.5) is 5.95 Å². The standard InChI is InChI=1S/C15H15N3OS/c1-3-10-6-4-5-7-12(10)19-13-11-8-9-20-14(11)18-15(16-2)17-13/h4-9H,3H2,1-2H3,(H,16,17,18). The molecule has 0 spiro atoms. The highest BCUT2D eigenvalue weighted by atomic mass is 32.1. The summed E-state index contributed by atoms with van der Waals surface area (Å²) in [7, 11) is 1.80. The number of aromatic nitrogens is 2. The first-order chi connectivity index (χ1) is 9.81. The molecule has 0 aliphatic rings. The number of aryl methyl sites for hydroxylation is 1. The number of hydrogen-bond donors (Lipinski definition) is 1. The first-order valence-electron chi connectivity index (χ1n) is 6.50. The topological polar surface area (TPSA) is 47.0 Å². The van der Waals surface area contributed by atoms with Crippen molar-refractivity contribution in [3.05, 3.63) is 41.3 Å². The maximum absolute atomic E-state index is 6.03. The van der Waals surface area contributed by atoms with Crippen molar-refractivity contribution < 1.29 is 4.74 Å². The predicted molar refractivity (Wildman–Crippen MR) is 82.9 cm³/mol. The SMILES string of the molecule is CCc1ccccc1Oc1nc(NC)nc2sccc12. The van der Waals surface area contributed by atoms with Crippen molar-refractivity contribution in [3.8, 4) is 11.6 Å². The molecule has 0 unspecified atom stereocenters. The third kappa shape index (κ3) is 2.32. The van der Waals surface area contributed by atoms with Gasteiger partial charge in [-0.05, 0) is 29.5 Å². The summed E-state index contributed by atoms with van der Waals surface area (Å²) in [6.45, 7) is 2.11. The first-order valence-corrected chi connectivity index (χ1v) is 7.38. The average Bonchev–Trinajstić information content (AvgIpc) is 2.96. The van der Waals surface area contributed by atoms with Crippen molar-refractivity contribution in [2.24, 2.45) is 0 Å². The van der Waals surface area contributed by atoms with Gasteiger partial charge in [0.1, 0.15) is 10.6 Å². The van der Waals surface area contributed by atoms with E-state index < -0.39 is 0 Å². The molecule has 0 aliphatic carbocycles. The van der Waals surface area contributed by atoms with E-state index in [9.17, 15) is 0 Å². The Hall–Kier alpha value is -2.14. The van der Waals surface area contributed by atoms with Crippen LogP contribution in [0.25, 0.3) is 10.2 Å². The van der Waals surface area contributed by atoms with Gasteiger partial charge in [0.2, 0.25) is 11.8 Å². The van der Waals surface area contributed by atoms with E-state index in [0.717, 1.165) is 22.4 Å². The lowest BCUT2D eigenvalue weighted by molar-refractivity contribution is 0.464. The molecule has 102 valence electrons. The van der Waals surface area contributed by atoms with E-state index in [0.29, 0.717) is 11.8 Å². The van der Waals surface area contributed by atoms with Crippen LogP contribution < -0.4 is 10.1 Å². The number of hydrogen-bond acceptors (Lipinski definition) is 5. The van der Waals surface area contributed by atoms with Crippen molar-refractivity contribution in [1.29, 1.82) is 0 Å². The van der Waals surface area contributed by atoms with Crippen LogP contribution in [0.3, 0.4) is 0 Å². The number of fused-ring (bicyclic) bond motifs is 1. The molecule has 3 aromatic rings. The lowest BCUT2D eigenvalue weighted by atomic mass is 10.1. The summed E-state index contributed by atoms with van der Waals surface area (Å²) in [4.78, 5) is 9.76. The van der Waals surface area contributed by atoms with Crippen LogP contribution >= 0.6 is 11.3 Å². The Morgan fingerprint density at radius 2 is 2.05 bits per heavy atom. The van der Waals surface area contributed by atoms with Crippen molar-refractivity contribution in [2.75, 3.05) is 12.4 Å². The van der Waals surface area contributed by atoms with Crippen LogP contribution in [0.2, 0.25) is 0 Å². The number of nitrogens with zero attached hydrogens (tertiary/aromatic N) is 2. The summed E-state index contributed by atoms with van der Waals surface area (Å²) < 4.78 is 6.03. The minimum Gasteiger partial charge on any atom is -0.438 e. The molecule has 4 nitrogen and oxygen atoms in total. The number of para-hydroxylation sites is 1.